The fourth-order valence-corrected chi connectivity index (χ4v) is 0. The third-order valence-corrected chi connectivity index (χ3v) is 8.03. The fraction of sp³-hybridized carbons (Fsp3) is 1.00. The van der Waals surface area contributed by atoms with Gasteiger partial charge < -0.3 is 0 Å². The summed E-state index contributed by atoms with van der Waals surface area (Å²) in [7, 11) is -2.52. The lowest BCUT2D eigenvalue weighted by atomic mass is 10.3. The van der Waals surface area contributed by atoms with Gasteiger partial charge in [0, 0.05) is 17.3 Å². The minimum absolute atomic E-state index is 0.156. The van der Waals surface area contributed by atoms with Gasteiger partial charge in [-0.05, 0) is 43.1 Å². The van der Waals surface area contributed by atoms with Gasteiger partial charge in [-0.1, -0.05) is 0 Å². The molecule has 0 aliphatic carbocycles. The first-order valence-electron chi connectivity index (χ1n) is 2.84. The van der Waals surface area contributed by atoms with E-state index in [4.69, 9.17) is 0 Å². The molecule has 58 valence electrons. The first-order valence-corrected chi connectivity index (χ1v) is 7.47. The van der Waals surface area contributed by atoms with Gasteiger partial charge in [-0.2, -0.15) is 0 Å². The van der Waals surface area contributed by atoms with Crippen LogP contribution < -0.4 is 0 Å². The van der Waals surface area contributed by atoms with Crippen LogP contribution in [-0.4, -0.2) is 21.5 Å². The van der Waals surface area contributed by atoms with Crippen molar-refractivity contribution < 1.29 is 4.21 Å². The standard InChI is InChI=1S/C6H15BrOS/c1-6(2,3)9(4,5,7)8/h1-5H3. The van der Waals surface area contributed by atoms with Gasteiger partial charge in [0.2, 0.25) is 0 Å². The number of hydrogen-bond acceptors (Lipinski definition) is 1. The van der Waals surface area contributed by atoms with Gasteiger partial charge in [-0.3, -0.25) is 4.21 Å². The van der Waals surface area contributed by atoms with Crippen LogP contribution in [0.5, 0.6) is 0 Å². The predicted molar refractivity (Wildman–Crippen MR) is 48.7 cm³/mol. The number of rotatable bonds is 0. The normalized spacial score (nSPS) is 18.7. The van der Waals surface area contributed by atoms with Crippen LogP contribution in [0, 0.1) is 0 Å². The Morgan fingerprint density at radius 1 is 1.22 bits per heavy atom. The molecule has 0 saturated heterocycles. The van der Waals surface area contributed by atoms with Crippen LogP contribution in [0.4, 0.5) is 0 Å². The molecule has 0 aliphatic rings. The fourth-order valence-electron chi connectivity index (χ4n) is 0. The monoisotopic (exact) mass is 214 g/mol. The maximum atomic E-state index is 11.7. The highest BCUT2D eigenvalue weighted by molar-refractivity contribution is 9.53. The van der Waals surface area contributed by atoms with Gasteiger partial charge >= 0.3 is 0 Å². The van der Waals surface area contributed by atoms with Crippen molar-refractivity contribution in [1.29, 1.82) is 0 Å². The van der Waals surface area contributed by atoms with E-state index in [1.54, 1.807) is 12.5 Å². The predicted octanol–water partition coefficient (Wildman–Crippen LogP) is 2.17. The molecule has 0 fully saturated rings. The highest BCUT2D eigenvalue weighted by Gasteiger charge is 2.36. The lowest BCUT2D eigenvalue weighted by molar-refractivity contribution is 0.639. The molecule has 0 N–H and O–H groups in total. The van der Waals surface area contributed by atoms with Crippen LogP contribution >= 0.6 is 14.8 Å². The summed E-state index contributed by atoms with van der Waals surface area (Å²) in [5.74, 6) is 0. The summed E-state index contributed by atoms with van der Waals surface area (Å²) in [6.45, 7) is 5.91. The van der Waals surface area contributed by atoms with Crippen LogP contribution in [0.1, 0.15) is 20.8 Å². The van der Waals surface area contributed by atoms with Crippen molar-refractivity contribution in [3.63, 3.8) is 0 Å². The molecule has 0 heterocycles. The van der Waals surface area contributed by atoms with Crippen molar-refractivity contribution >= 4 is 22.3 Å². The molecule has 3 heteroatoms. The minimum Gasteiger partial charge on any atom is -0.272 e. The van der Waals surface area contributed by atoms with Crippen molar-refractivity contribution in [2.45, 2.75) is 25.5 Å². The molecule has 0 aromatic heterocycles. The summed E-state index contributed by atoms with van der Waals surface area (Å²) in [6.07, 6.45) is 3.52. The van der Waals surface area contributed by atoms with Gasteiger partial charge in [-0.25, -0.2) is 0 Å². The second-order valence-corrected chi connectivity index (χ2v) is 14.0. The molecule has 0 atom stereocenters. The van der Waals surface area contributed by atoms with Gasteiger partial charge in [-0.15, -0.1) is 0 Å². The highest BCUT2D eigenvalue weighted by Crippen LogP contribution is 2.40. The first kappa shape index (κ1) is 9.63. The highest BCUT2D eigenvalue weighted by atomic mass is 79.9. The third-order valence-electron chi connectivity index (χ3n) is 1.71. The molecular weight excluding hydrogens is 200 g/mol. The Morgan fingerprint density at radius 3 is 1.33 bits per heavy atom. The average molecular weight is 215 g/mol. The Morgan fingerprint density at radius 2 is 1.33 bits per heavy atom. The minimum atomic E-state index is -2.52. The molecule has 0 bridgehead atoms. The summed E-state index contributed by atoms with van der Waals surface area (Å²) in [6, 6.07) is 0. The maximum absolute atomic E-state index is 11.7. The van der Waals surface area contributed by atoms with Crippen LogP contribution in [0.25, 0.3) is 0 Å². The van der Waals surface area contributed by atoms with Crippen molar-refractivity contribution in [1.82, 2.24) is 0 Å². The zero-order valence-corrected chi connectivity index (χ0v) is 9.10. The molecule has 1 nitrogen and oxygen atoms in total. The molecule has 0 spiro atoms. The third kappa shape index (κ3) is 2.38. The molecule has 0 amide bonds. The van der Waals surface area contributed by atoms with Crippen molar-refractivity contribution in [3.05, 3.63) is 0 Å². The number of halogens is 1. The first-order chi connectivity index (χ1) is 3.51. The molecule has 0 unspecified atom stereocenters. The van der Waals surface area contributed by atoms with E-state index in [9.17, 15) is 4.21 Å². The molecule has 0 rings (SSSR count). The van der Waals surface area contributed by atoms with Crippen molar-refractivity contribution in [2.24, 2.45) is 0 Å². The van der Waals surface area contributed by atoms with Gasteiger partial charge in [0.25, 0.3) is 0 Å². The summed E-state index contributed by atoms with van der Waals surface area (Å²) in [5, 5.41) is 0. The molecule has 0 saturated carbocycles. The zero-order chi connectivity index (χ0) is 7.95. The van der Waals surface area contributed by atoms with Gasteiger partial charge in [0.05, 0.1) is 0 Å². The van der Waals surface area contributed by atoms with E-state index in [1.165, 1.54) is 0 Å². The maximum Gasteiger partial charge on any atom is 0.0261 e. The second-order valence-electron chi connectivity index (χ2n) is 3.79. The molecule has 0 aromatic rings. The Hall–Kier alpha value is 0.630. The summed E-state index contributed by atoms with van der Waals surface area (Å²) < 4.78 is 11.6. The Labute approximate surface area is 64.8 Å². The van der Waals surface area contributed by atoms with E-state index >= 15 is 0 Å². The number of hydrogen-bond donors (Lipinski definition) is 0. The van der Waals surface area contributed by atoms with Crippen molar-refractivity contribution in [3.8, 4) is 0 Å². The summed E-state index contributed by atoms with van der Waals surface area (Å²) in [4.78, 5) is 0. The van der Waals surface area contributed by atoms with Gasteiger partial charge in [0.1, 0.15) is 0 Å². The molecule has 0 radical (unpaired) electrons. The Kier molecular flexibility index (Phi) is 1.94. The van der Waals surface area contributed by atoms with Crippen LogP contribution in [0.3, 0.4) is 0 Å². The summed E-state index contributed by atoms with van der Waals surface area (Å²) >= 11 is 3.26. The second kappa shape index (κ2) is 1.82. The smallest absolute Gasteiger partial charge is 0.0261 e. The van der Waals surface area contributed by atoms with E-state index in [2.05, 4.69) is 14.8 Å². The van der Waals surface area contributed by atoms with Crippen LogP contribution in [-0.2, 0) is 7.50 Å². The van der Waals surface area contributed by atoms with E-state index < -0.39 is 7.50 Å². The Balaban J connectivity index is 4.80. The van der Waals surface area contributed by atoms with Crippen LogP contribution in [0.15, 0.2) is 0 Å². The van der Waals surface area contributed by atoms with Gasteiger partial charge in [0.15, 0.2) is 0 Å². The lowest BCUT2D eigenvalue weighted by Gasteiger charge is -2.40. The molecule has 0 aromatic carbocycles. The van der Waals surface area contributed by atoms with E-state index in [0.29, 0.717) is 0 Å². The van der Waals surface area contributed by atoms with Crippen LogP contribution in [0.2, 0.25) is 0 Å². The lowest BCUT2D eigenvalue weighted by Crippen LogP contribution is -2.41. The zero-order valence-electron chi connectivity index (χ0n) is 6.69. The summed E-state index contributed by atoms with van der Waals surface area (Å²) in [5.41, 5.74) is 0. The van der Waals surface area contributed by atoms with E-state index in [1.807, 2.05) is 20.8 Å². The molecule has 0 aliphatic heterocycles. The topological polar surface area (TPSA) is 17.1 Å². The van der Waals surface area contributed by atoms with E-state index in [-0.39, 0.29) is 4.75 Å². The Bertz CT molecular complexity index is 161. The van der Waals surface area contributed by atoms with E-state index in [0.717, 1.165) is 0 Å². The average Bonchev–Trinajstić information content (AvgIpc) is 1.20. The SMILES string of the molecule is CC(C)(C)S(C)(C)(=O)Br. The molecular formula is C6H15BrOS. The van der Waals surface area contributed by atoms with Crippen molar-refractivity contribution in [2.75, 3.05) is 12.5 Å². The molecule has 9 heavy (non-hydrogen) atoms. The quantitative estimate of drug-likeness (QED) is 0.566. The largest absolute Gasteiger partial charge is 0.272 e.